The highest BCUT2D eigenvalue weighted by atomic mass is 16.3. The zero-order valence-corrected chi connectivity index (χ0v) is 13.7. The molecule has 0 bridgehead atoms. The Morgan fingerprint density at radius 1 is 1.13 bits per heavy atom. The number of amides is 1. The minimum Gasteiger partial charge on any atom is -0.503 e. The number of aryl methyl sites for hydroxylation is 1. The molecule has 4 nitrogen and oxygen atoms in total. The van der Waals surface area contributed by atoms with Crippen molar-refractivity contribution in [3.63, 3.8) is 0 Å². The van der Waals surface area contributed by atoms with Gasteiger partial charge in [0.1, 0.15) is 0 Å². The van der Waals surface area contributed by atoms with Crippen LogP contribution in [0.5, 0.6) is 0 Å². The van der Waals surface area contributed by atoms with Crippen LogP contribution in [0, 0.1) is 12.8 Å². The Labute approximate surface area is 136 Å². The molecular weight excluding hydrogens is 290 g/mol. The second kappa shape index (κ2) is 6.19. The van der Waals surface area contributed by atoms with Crippen molar-refractivity contribution in [3.8, 4) is 0 Å². The SMILES string of the molecule is CC(=O)C1=C(O)C(=O)N(c2ccc(C)cc2)C1C1CCCCC1. The lowest BCUT2D eigenvalue weighted by Crippen LogP contribution is -2.42. The van der Waals surface area contributed by atoms with Crippen LogP contribution in [0.3, 0.4) is 0 Å². The minimum atomic E-state index is -0.449. The zero-order valence-electron chi connectivity index (χ0n) is 13.7. The van der Waals surface area contributed by atoms with E-state index in [9.17, 15) is 14.7 Å². The number of carbonyl (C=O) groups is 2. The van der Waals surface area contributed by atoms with Crippen molar-refractivity contribution >= 4 is 17.4 Å². The number of hydrogen-bond donors (Lipinski definition) is 1. The lowest BCUT2D eigenvalue weighted by Gasteiger charge is -2.35. The lowest BCUT2D eigenvalue weighted by atomic mass is 9.80. The maximum atomic E-state index is 12.6. The number of carbonyl (C=O) groups excluding carboxylic acids is 2. The summed E-state index contributed by atoms with van der Waals surface area (Å²) in [6.07, 6.45) is 5.41. The first kappa shape index (κ1) is 15.8. The molecule has 1 fully saturated rings. The molecule has 4 heteroatoms. The summed E-state index contributed by atoms with van der Waals surface area (Å²) in [5.74, 6) is -0.790. The molecule has 0 spiro atoms. The van der Waals surface area contributed by atoms with Gasteiger partial charge in [-0.1, -0.05) is 37.0 Å². The number of nitrogens with zero attached hydrogens (tertiary/aromatic N) is 1. The van der Waals surface area contributed by atoms with E-state index in [-0.39, 0.29) is 23.5 Å². The highest BCUT2D eigenvalue weighted by Crippen LogP contribution is 2.40. The van der Waals surface area contributed by atoms with Gasteiger partial charge in [-0.05, 0) is 44.7 Å². The van der Waals surface area contributed by atoms with Crippen LogP contribution in [0.1, 0.15) is 44.6 Å². The van der Waals surface area contributed by atoms with Gasteiger partial charge in [-0.2, -0.15) is 0 Å². The molecule has 1 aromatic rings. The Hall–Kier alpha value is -2.10. The van der Waals surface area contributed by atoms with E-state index in [1.165, 1.54) is 13.3 Å². The van der Waals surface area contributed by atoms with E-state index >= 15 is 0 Å². The van der Waals surface area contributed by atoms with Crippen LogP contribution in [-0.2, 0) is 9.59 Å². The Morgan fingerprint density at radius 3 is 2.30 bits per heavy atom. The fraction of sp³-hybridized carbons (Fsp3) is 0.474. The minimum absolute atomic E-state index is 0.207. The molecule has 1 aliphatic carbocycles. The molecule has 1 N–H and O–H groups in total. The summed E-state index contributed by atoms with van der Waals surface area (Å²) < 4.78 is 0. The van der Waals surface area contributed by atoms with Crippen molar-refractivity contribution < 1.29 is 14.7 Å². The number of anilines is 1. The largest absolute Gasteiger partial charge is 0.503 e. The van der Waals surface area contributed by atoms with Crippen molar-refractivity contribution in [2.45, 2.75) is 52.0 Å². The predicted octanol–water partition coefficient (Wildman–Crippen LogP) is 3.69. The Bertz CT molecular complexity index is 654. The highest BCUT2D eigenvalue weighted by Gasteiger charge is 2.46. The number of hydrogen-bond acceptors (Lipinski definition) is 3. The fourth-order valence-electron chi connectivity index (χ4n) is 3.88. The van der Waals surface area contributed by atoms with E-state index in [1.54, 1.807) is 4.90 Å². The molecule has 1 saturated carbocycles. The second-order valence-electron chi connectivity index (χ2n) is 6.67. The van der Waals surface area contributed by atoms with Crippen LogP contribution in [0.15, 0.2) is 35.6 Å². The van der Waals surface area contributed by atoms with E-state index in [4.69, 9.17) is 0 Å². The summed E-state index contributed by atoms with van der Waals surface area (Å²) in [6, 6.07) is 7.34. The van der Waals surface area contributed by atoms with Gasteiger partial charge in [-0.25, -0.2) is 0 Å². The molecule has 1 heterocycles. The molecular formula is C19H23NO3. The number of ketones is 1. The highest BCUT2D eigenvalue weighted by molar-refractivity contribution is 6.16. The van der Waals surface area contributed by atoms with Crippen LogP contribution in [0.2, 0.25) is 0 Å². The number of rotatable bonds is 3. The number of benzene rings is 1. The van der Waals surface area contributed by atoms with Crippen LogP contribution < -0.4 is 4.90 Å². The first-order valence-corrected chi connectivity index (χ1v) is 8.35. The third-order valence-electron chi connectivity index (χ3n) is 5.04. The molecule has 1 aromatic carbocycles. The summed E-state index contributed by atoms with van der Waals surface area (Å²) in [7, 11) is 0. The topological polar surface area (TPSA) is 57.6 Å². The molecule has 3 rings (SSSR count). The molecule has 1 amide bonds. The quantitative estimate of drug-likeness (QED) is 0.926. The van der Waals surface area contributed by atoms with E-state index in [0.29, 0.717) is 5.57 Å². The van der Waals surface area contributed by atoms with Crippen molar-refractivity contribution in [1.82, 2.24) is 0 Å². The summed E-state index contributed by atoms with van der Waals surface area (Å²) in [6.45, 7) is 3.43. The predicted molar refractivity (Wildman–Crippen MR) is 89.4 cm³/mol. The van der Waals surface area contributed by atoms with Crippen molar-refractivity contribution in [2.75, 3.05) is 4.90 Å². The maximum absolute atomic E-state index is 12.6. The van der Waals surface area contributed by atoms with Gasteiger partial charge in [0.25, 0.3) is 5.91 Å². The van der Waals surface area contributed by atoms with Gasteiger partial charge in [0, 0.05) is 5.69 Å². The molecule has 1 unspecified atom stereocenters. The Balaban J connectivity index is 2.04. The zero-order chi connectivity index (χ0) is 16.6. The van der Waals surface area contributed by atoms with Gasteiger partial charge in [-0.3, -0.25) is 14.5 Å². The van der Waals surface area contributed by atoms with Gasteiger partial charge in [0.15, 0.2) is 11.5 Å². The lowest BCUT2D eigenvalue weighted by molar-refractivity contribution is -0.117. The van der Waals surface area contributed by atoms with Crippen molar-refractivity contribution in [3.05, 3.63) is 41.2 Å². The third-order valence-corrected chi connectivity index (χ3v) is 5.04. The van der Waals surface area contributed by atoms with Crippen LogP contribution in [-0.4, -0.2) is 22.8 Å². The molecule has 0 radical (unpaired) electrons. The van der Waals surface area contributed by atoms with E-state index in [0.717, 1.165) is 36.9 Å². The average Bonchev–Trinajstić information content (AvgIpc) is 2.81. The first-order chi connectivity index (χ1) is 11.0. The fourth-order valence-corrected chi connectivity index (χ4v) is 3.88. The smallest absolute Gasteiger partial charge is 0.294 e. The van der Waals surface area contributed by atoms with E-state index in [2.05, 4.69) is 0 Å². The van der Waals surface area contributed by atoms with Crippen molar-refractivity contribution in [1.29, 1.82) is 0 Å². The molecule has 0 aromatic heterocycles. The molecule has 23 heavy (non-hydrogen) atoms. The normalized spacial score (nSPS) is 22.8. The molecule has 122 valence electrons. The Kier molecular flexibility index (Phi) is 4.24. The van der Waals surface area contributed by atoms with Crippen molar-refractivity contribution in [2.24, 2.45) is 5.92 Å². The monoisotopic (exact) mass is 313 g/mol. The van der Waals surface area contributed by atoms with Gasteiger partial charge < -0.3 is 5.11 Å². The summed E-state index contributed by atoms with van der Waals surface area (Å²) in [5.41, 5.74) is 2.15. The number of Topliss-reactive ketones (excluding diaryl/α,β-unsaturated/α-hetero) is 1. The second-order valence-corrected chi connectivity index (χ2v) is 6.67. The van der Waals surface area contributed by atoms with Gasteiger partial charge in [0.05, 0.1) is 11.6 Å². The number of aliphatic hydroxyl groups excluding tert-OH is 1. The van der Waals surface area contributed by atoms with Gasteiger partial charge in [-0.15, -0.1) is 0 Å². The summed E-state index contributed by atoms with van der Waals surface area (Å²) >= 11 is 0. The first-order valence-electron chi connectivity index (χ1n) is 8.35. The standard InChI is InChI=1S/C19H23NO3/c1-12-8-10-15(11-9-12)20-17(14-6-4-3-5-7-14)16(13(2)21)18(22)19(20)23/h8-11,14,17,22H,3-7H2,1-2H3. The maximum Gasteiger partial charge on any atom is 0.294 e. The van der Waals surface area contributed by atoms with E-state index < -0.39 is 5.91 Å². The molecule has 1 aliphatic heterocycles. The third kappa shape index (κ3) is 2.78. The molecule has 0 saturated heterocycles. The average molecular weight is 313 g/mol. The summed E-state index contributed by atoms with van der Waals surface area (Å²) in [4.78, 5) is 26.3. The molecule has 1 atom stereocenters. The molecule has 2 aliphatic rings. The van der Waals surface area contributed by atoms with Crippen LogP contribution in [0.4, 0.5) is 5.69 Å². The van der Waals surface area contributed by atoms with Crippen LogP contribution >= 0.6 is 0 Å². The summed E-state index contributed by atoms with van der Waals surface area (Å²) in [5, 5.41) is 10.3. The van der Waals surface area contributed by atoms with Crippen LogP contribution in [0.25, 0.3) is 0 Å². The Morgan fingerprint density at radius 2 is 1.74 bits per heavy atom. The number of aliphatic hydroxyl groups is 1. The van der Waals surface area contributed by atoms with Gasteiger partial charge >= 0.3 is 0 Å². The van der Waals surface area contributed by atoms with Gasteiger partial charge in [0.2, 0.25) is 0 Å². The van der Waals surface area contributed by atoms with E-state index in [1.807, 2.05) is 31.2 Å².